The predicted octanol–water partition coefficient (Wildman–Crippen LogP) is 2.27. The number of methoxy groups -OCH3 is 1. The zero-order valence-corrected chi connectivity index (χ0v) is 10.2. The van der Waals surface area contributed by atoms with E-state index in [1.54, 1.807) is 7.11 Å². The number of rotatable bonds is 3. The summed E-state index contributed by atoms with van der Waals surface area (Å²) >= 11 is 0. The second-order valence-corrected chi connectivity index (χ2v) is 3.42. The molecule has 0 spiro atoms. The maximum absolute atomic E-state index is 5.60. The van der Waals surface area contributed by atoms with Crippen molar-refractivity contribution in [2.75, 3.05) is 7.11 Å². The Bertz CT molecular complexity index is 316. The lowest BCUT2D eigenvalue weighted by Gasteiger charge is -2.06. The largest absolute Gasteiger partial charge is 0.481 e. The molecule has 86 valence electrons. The smallest absolute Gasteiger partial charge is 0.217 e. The fourth-order valence-electron chi connectivity index (χ4n) is 1.49. The summed E-state index contributed by atoms with van der Waals surface area (Å²) in [5.74, 6) is 1.38. The van der Waals surface area contributed by atoms with Crippen LogP contribution in [0.3, 0.4) is 0 Å². The van der Waals surface area contributed by atoms with Gasteiger partial charge in [0.05, 0.1) is 7.11 Å². The Morgan fingerprint density at radius 1 is 1.47 bits per heavy atom. The molecule has 3 nitrogen and oxygen atoms in total. The second-order valence-electron chi connectivity index (χ2n) is 3.42. The molecule has 1 fully saturated rings. The van der Waals surface area contributed by atoms with Gasteiger partial charge in [-0.2, -0.15) is 0 Å². The number of nitrogens with zero attached hydrogens (tertiary/aromatic N) is 1. The van der Waals surface area contributed by atoms with E-state index >= 15 is 0 Å². The molecule has 2 N–H and O–H groups in total. The Morgan fingerprint density at radius 3 is 2.60 bits per heavy atom. The van der Waals surface area contributed by atoms with Gasteiger partial charge in [-0.1, -0.05) is 0 Å². The first-order valence-corrected chi connectivity index (χ1v) is 4.58. The molecular weight excluding hydrogens is 235 g/mol. The van der Waals surface area contributed by atoms with Gasteiger partial charge in [-0.05, 0) is 30.4 Å². The molecule has 1 aromatic heterocycles. The zero-order valence-electron chi connectivity index (χ0n) is 8.60. The van der Waals surface area contributed by atoms with E-state index < -0.39 is 0 Å². The molecule has 2 rings (SSSR count). The number of pyridine rings is 1. The standard InChI is InChI=1S/C10H14N2O.2ClH/c1-13-10-8(5-11)4-9(6-12-10)7-2-3-7;;/h4,6-7H,2-3,5,11H2,1H3;2*1H. The molecule has 0 saturated heterocycles. The minimum atomic E-state index is 0. The molecule has 0 bridgehead atoms. The van der Waals surface area contributed by atoms with Crippen LogP contribution in [-0.4, -0.2) is 12.1 Å². The Balaban J connectivity index is 0.000000980. The van der Waals surface area contributed by atoms with Crippen LogP contribution in [0.2, 0.25) is 0 Å². The van der Waals surface area contributed by atoms with Gasteiger partial charge in [0.15, 0.2) is 0 Å². The van der Waals surface area contributed by atoms with Gasteiger partial charge in [0, 0.05) is 18.3 Å². The van der Waals surface area contributed by atoms with E-state index in [1.165, 1.54) is 18.4 Å². The highest BCUT2D eigenvalue weighted by Gasteiger charge is 2.24. The van der Waals surface area contributed by atoms with Crippen molar-refractivity contribution in [3.63, 3.8) is 0 Å². The summed E-state index contributed by atoms with van der Waals surface area (Å²) in [5.41, 5.74) is 7.91. The average Bonchev–Trinajstić information content (AvgIpc) is 3.00. The van der Waals surface area contributed by atoms with E-state index in [1.807, 2.05) is 6.20 Å². The van der Waals surface area contributed by atoms with E-state index in [9.17, 15) is 0 Å². The number of hydrogen-bond acceptors (Lipinski definition) is 3. The van der Waals surface area contributed by atoms with Crippen molar-refractivity contribution in [3.8, 4) is 5.88 Å². The molecule has 0 atom stereocenters. The highest BCUT2D eigenvalue weighted by Crippen LogP contribution is 2.40. The van der Waals surface area contributed by atoms with Crippen LogP contribution in [0.1, 0.15) is 29.9 Å². The monoisotopic (exact) mass is 250 g/mol. The molecule has 0 amide bonds. The van der Waals surface area contributed by atoms with Gasteiger partial charge in [0.2, 0.25) is 5.88 Å². The molecule has 1 aliphatic carbocycles. The van der Waals surface area contributed by atoms with Crippen LogP contribution < -0.4 is 10.5 Å². The number of ether oxygens (including phenoxy) is 1. The van der Waals surface area contributed by atoms with E-state index in [0.29, 0.717) is 12.4 Å². The molecule has 1 aliphatic rings. The number of hydrogen-bond donors (Lipinski definition) is 1. The number of halogens is 2. The summed E-state index contributed by atoms with van der Waals surface area (Å²) in [4.78, 5) is 4.23. The minimum Gasteiger partial charge on any atom is -0.481 e. The van der Waals surface area contributed by atoms with Gasteiger partial charge in [0.25, 0.3) is 0 Å². The average molecular weight is 251 g/mol. The Labute approximate surface area is 102 Å². The summed E-state index contributed by atoms with van der Waals surface area (Å²) in [6.07, 6.45) is 4.48. The summed E-state index contributed by atoms with van der Waals surface area (Å²) < 4.78 is 5.10. The molecule has 0 radical (unpaired) electrons. The second kappa shape index (κ2) is 6.16. The van der Waals surface area contributed by atoms with E-state index in [-0.39, 0.29) is 24.8 Å². The van der Waals surface area contributed by atoms with Gasteiger partial charge >= 0.3 is 0 Å². The SMILES string of the molecule is COc1ncc(C2CC2)cc1CN.Cl.Cl. The van der Waals surface area contributed by atoms with Crippen LogP contribution in [0.5, 0.6) is 5.88 Å². The summed E-state index contributed by atoms with van der Waals surface area (Å²) in [7, 11) is 1.62. The number of nitrogens with two attached hydrogens (primary N) is 1. The molecule has 0 aromatic carbocycles. The highest BCUT2D eigenvalue weighted by molar-refractivity contribution is 5.85. The summed E-state index contributed by atoms with van der Waals surface area (Å²) in [5, 5.41) is 0. The fraction of sp³-hybridized carbons (Fsp3) is 0.500. The third kappa shape index (κ3) is 3.23. The van der Waals surface area contributed by atoms with Crippen LogP contribution >= 0.6 is 24.8 Å². The zero-order chi connectivity index (χ0) is 9.26. The van der Waals surface area contributed by atoms with Crippen molar-refractivity contribution in [2.24, 2.45) is 5.73 Å². The highest BCUT2D eigenvalue weighted by atomic mass is 35.5. The normalized spacial score (nSPS) is 13.7. The van der Waals surface area contributed by atoms with Crippen molar-refractivity contribution >= 4 is 24.8 Å². The molecule has 0 unspecified atom stereocenters. The predicted molar refractivity (Wildman–Crippen MR) is 65.2 cm³/mol. The quantitative estimate of drug-likeness (QED) is 0.896. The van der Waals surface area contributed by atoms with Gasteiger partial charge in [-0.25, -0.2) is 4.98 Å². The Morgan fingerprint density at radius 2 is 2.13 bits per heavy atom. The first-order valence-electron chi connectivity index (χ1n) is 4.58. The lowest BCUT2D eigenvalue weighted by molar-refractivity contribution is 0.392. The van der Waals surface area contributed by atoms with Gasteiger partial charge in [-0.3, -0.25) is 0 Å². The van der Waals surface area contributed by atoms with Crippen LogP contribution in [0.15, 0.2) is 12.3 Å². The van der Waals surface area contributed by atoms with E-state index in [4.69, 9.17) is 10.5 Å². The van der Waals surface area contributed by atoms with Gasteiger partial charge in [0.1, 0.15) is 0 Å². The van der Waals surface area contributed by atoms with Crippen LogP contribution in [0, 0.1) is 0 Å². The van der Waals surface area contributed by atoms with Crippen LogP contribution in [-0.2, 0) is 6.54 Å². The third-order valence-corrected chi connectivity index (χ3v) is 2.41. The molecule has 15 heavy (non-hydrogen) atoms. The van der Waals surface area contributed by atoms with Crippen LogP contribution in [0.4, 0.5) is 0 Å². The first-order chi connectivity index (χ1) is 6.35. The lowest BCUT2D eigenvalue weighted by atomic mass is 10.1. The molecule has 1 aromatic rings. The molecule has 5 heteroatoms. The summed E-state index contributed by atoms with van der Waals surface area (Å²) in [6, 6.07) is 2.11. The van der Waals surface area contributed by atoms with E-state index in [0.717, 1.165) is 11.5 Å². The van der Waals surface area contributed by atoms with E-state index in [2.05, 4.69) is 11.1 Å². The van der Waals surface area contributed by atoms with Crippen LogP contribution in [0.25, 0.3) is 0 Å². The molecule has 1 saturated carbocycles. The minimum absolute atomic E-state index is 0. The number of aromatic nitrogens is 1. The Kier molecular flexibility index (Phi) is 5.95. The molecule has 0 aliphatic heterocycles. The van der Waals surface area contributed by atoms with Crippen molar-refractivity contribution < 1.29 is 4.74 Å². The summed E-state index contributed by atoms with van der Waals surface area (Å²) in [6.45, 7) is 0.497. The maximum atomic E-state index is 5.60. The van der Waals surface area contributed by atoms with Crippen molar-refractivity contribution in [2.45, 2.75) is 25.3 Å². The Hall–Kier alpha value is -0.510. The topological polar surface area (TPSA) is 48.1 Å². The lowest BCUT2D eigenvalue weighted by Crippen LogP contribution is -2.02. The first kappa shape index (κ1) is 14.5. The van der Waals surface area contributed by atoms with Gasteiger partial charge < -0.3 is 10.5 Å². The maximum Gasteiger partial charge on any atom is 0.217 e. The van der Waals surface area contributed by atoms with Crippen molar-refractivity contribution in [3.05, 3.63) is 23.4 Å². The van der Waals surface area contributed by atoms with Crippen molar-refractivity contribution in [1.82, 2.24) is 4.98 Å². The fourth-order valence-corrected chi connectivity index (χ4v) is 1.49. The molecular formula is C10H16Cl2N2O. The third-order valence-electron chi connectivity index (χ3n) is 2.41. The molecule has 1 heterocycles. The van der Waals surface area contributed by atoms with Gasteiger partial charge in [-0.15, -0.1) is 24.8 Å². The van der Waals surface area contributed by atoms with Crippen molar-refractivity contribution in [1.29, 1.82) is 0 Å².